The maximum Gasteiger partial charge on any atom is 0.342 e. The van der Waals surface area contributed by atoms with Crippen LogP contribution >= 0.6 is 15.9 Å². The molecule has 4 heteroatoms. The lowest BCUT2D eigenvalue weighted by atomic mass is 10.0. The van der Waals surface area contributed by atoms with Gasteiger partial charge in [-0.2, -0.15) is 0 Å². The Kier molecular flexibility index (Phi) is 4.58. The Morgan fingerprint density at radius 3 is 2.50 bits per heavy atom. The van der Waals surface area contributed by atoms with Gasteiger partial charge in [-0.15, -0.1) is 0 Å². The number of halogens is 1. The smallest absolute Gasteiger partial charge is 0.342 e. The first-order chi connectivity index (χ1) is 9.61. The van der Waals surface area contributed by atoms with Gasteiger partial charge in [0.25, 0.3) is 0 Å². The predicted molar refractivity (Wildman–Crippen MR) is 82.5 cm³/mol. The highest BCUT2D eigenvalue weighted by Crippen LogP contribution is 2.24. The minimum Gasteiger partial charge on any atom is -0.507 e. The van der Waals surface area contributed by atoms with Crippen LogP contribution in [0.2, 0.25) is 0 Å². The number of aromatic hydroxyl groups is 1. The topological polar surface area (TPSA) is 46.5 Å². The van der Waals surface area contributed by atoms with Gasteiger partial charge in [0.15, 0.2) is 0 Å². The van der Waals surface area contributed by atoms with Gasteiger partial charge in [-0.3, -0.25) is 0 Å². The number of phenols is 1. The zero-order chi connectivity index (χ0) is 14.5. The SMILES string of the molecule is COC(=O)c1c(O)cccc1/C=C/c1ccc(Br)cc1. The van der Waals surface area contributed by atoms with E-state index in [0.29, 0.717) is 5.56 Å². The minimum absolute atomic E-state index is 0.0881. The van der Waals surface area contributed by atoms with Crippen LogP contribution < -0.4 is 0 Å². The molecule has 0 bridgehead atoms. The summed E-state index contributed by atoms with van der Waals surface area (Å²) in [5.41, 5.74) is 1.77. The molecule has 0 saturated carbocycles. The summed E-state index contributed by atoms with van der Waals surface area (Å²) in [6, 6.07) is 12.7. The summed E-state index contributed by atoms with van der Waals surface area (Å²) < 4.78 is 5.69. The molecule has 0 atom stereocenters. The Morgan fingerprint density at radius 1 is 1.15 bits per heavy atom. The Morgan fingerprint density at radius 2 is 1.85 bits per heavy atom. The third-order valence-corrected chi connectivity index (χ3v) is 3.32. The fourth-order valence-electron chi connectivity index (χ4n) is 1.78. The number of hydrogen-bond acceptors (Lipinski definition) is 3. The number of phenolic OH excluding ortho intramolecular Hbond substituents is 1. The highest BCUT2D eigenvalue weighted by atomic mass is 79.9. The first-order valence-corrected chi connectivity index (χ1v) is 6.75. The monoisotopic (exact) mass is 332 g/mol. The number of ether oxygens (including phenoxy) is 1. The summed E-state index contributed by atoms with van der Waals surface area (Å²) in [4.78, 5) is 11.7. The van der Waals surface area contributed by atoms with Crippen molar-refractivity contribution in [3.05, 3.63) is 63.6 Å². The maximum atomic E-state index is 11.7. The molecule has 0 aromatic heterocycles. The fraction of sp³-hybridized carbons (Fsp3) is 0.0625. The second-order valence-electron chi connectivity index (χ2n) is 4.12. The summed E-state index contributed by atoms with van der Waals surface area (Å²) in [5.74, 6) is -0.645. The Labute approximate surface area is 125 Å². The fourth-order valence-corrected chi connectivity index (χ4v) is 2.05. The number of rotatable bonds is 3. The van der Waals surface area contributed by atoms with Gasteiger partial charge >= 0.3 is 5.97 Å². The third-order valence-electron chi connectivity index (χ3n) is 2.79. The Balaban J connectivity index is 2.36. The van der Waals surface area contributed by atoms with E-state index in [9.17, 15) is 9.90 Å². The lowest BCUT2D eigenvalue weighted by Gasteiger charge is -2.06. The second kappa shape index (κ2) is 6.39. The molecule has 2 aromatic carbocycles. The normalized spacial score (nSPS) is 10.7. The van der Waals surface area contributed by atoms with E-state index >= 15 is 0 Å². The van der Waals surface area contributed by atoms with Gasteiger partial charge in [-0.25, -0.2) is 4.79 Å². The summed E-state index contributed by atoms with van der Waals surface area (Å²) in [7, 11) is 1.29. The van der Waals surface area contributed by atoms with Crippen LogP contribution in [0.4, 0.5) is 0 Å². The van der Waals surface area contributed by atoms with E-state index in [1.165, 1.54) is 13.2 Å². The first kappa shape index (κ1) is 14.3. The summed E-state index contributed by atoms with van der Waals surface area (Å²) in [6.45, 7) is 0. The molecule has 0 fully saturated rings. The van der Waals surface area contributed by atoms with E-state index in [2.05, 4.69) is 20.7 Å². The van der Waals surface area contributed by atoms with Gasteiger partial charge < -0.3 is 9.84 Å². The molecule has 20 heavy (non-hydrogen) atoms. The van der Waals surface area contributed by atoms with Crippen molar-refractivity contribution >= 4 is 34.1 Å². The molecule has 0 heterocycles. The molecule has 2 aromatic rings. The summed E-state index contributed by atoms with van der Waals surface area (Å²) in [5, 5.41) is 9.79. The van der Waals surface area contributed by atoms with Crippen LogP contribution in [0.25, 0.3) is 12.2 Å². The highest BCUT2D eigenvalue weighted by molar-refractivity contribution is 9.10. The summed E-state index contributed by atoms with van der Waals surface area (Å²) in [6.07, 6.45) is 3.64. The largest absolute Gasteiger partial charge is 0.507 e. The van der Waals surface area contributed by atoms with Crippen LogP contribution in [0.15, 0.2) is 46.9 Å². The van der Waals surface area contributed by atoms with E-state index < -0.39 is 5.97 Å². The molecular weight excluding hydrogens is 320 g/mol. The van der Waals surface area contributed by atoms with Crippen LogP contribution in [0.3, 0.4) is 0 Å². The number of hydrogen-bond donors (Lipinski definition) is 1. The molecule has 0 unspecified atom stereocenters. The van der Waals surface area contributed by atoms with E-state index in [1.54, 1.807) is 18.2 Å². The average Bonchev–Trinajstić information content (AvgIpc) is 2.46. The average molecular weight is 333 g/mol. The molecule has 3 nitrogen and oxygen atoms in total. The van der Waals surface area contributed by atoms with Gasteiger partial charge in [-0.05, 0) is 29.3 Å². The van der Waals surface area contributed by atoms with Gasteiger partial charge in [0, 0.05) is 4.47 Å². The molecule has 0 aliphatic heterocycles. The highest BCUT2D eigenvalue weighted by Gasteiger charge is 2.14. The lowest BCUT2D eigenvalue weighted by Crippen LogP contribution is -2.03. The molecule has 1 N–H and O–H groups in total. The van der Waals surface area contributed by atoms with Gasteiger partial charge in [0.2, 0.25) is 0 Å². The zero-order valence-electron chi connectivity index (χ0n) is 10.8. The molecule has 0 aliphatic carbocycles. The molecule has 102 valence electrons. The Bertz CT molecular complexity index is 645. The number of carbonyl (C=O) groups is 1. The molecular formula is C16H13BrO3. The molecule has 0 radical (unpaired) electrons. The van der Waals surface area contributed by atoms with E-state index in [1.807, 2.05) is 30.3 Å². The number of esters is 1. The minimum atomic E-state index is -0.557. The van der Waals surface area contributed by atoms with Gasteiger partial charge in [0.1, 0.15) is 11.3 Å². The van der Waals surface area contributed by atoms with Crippen molar-refractivity contribution in [2.45, 2.75) is 0 Å². The third kappa shape index (κ3) is 3.27. The first-order valence-electron chi connectivity index (χ1n) is 5.96. The van der Waals surface area contributed by atoms with Crippen LogP contribution in [0.5, 0.6) is 5.75 Å². The van der Waals surface area contributed by atoms with Gasteiger partial charge in [0.05, 0.1) is 7.11 Å². The van der Waals surface area contributed by atoms with Crippen LogP contribution in [0.1, 0.15) is 21.5 Å². The van der Waals surface area contributed by atoms with Crippen molar-refractivity contribution < 1.29 is 14.6 Å². The van der Waals surface area contributed by atoms with Crippen LogP contribution in [0, 0.1) is 0 Å². The number of carbonyl (C=O) groups excluding carboxylic acids is 1. The lowest BCUT2D eigenvalue weighted by molar-refractivity contribution is 0.0597. The van der Waals surface area contributed by atoms with Crippen molar-refractivity contribution in [3.63, 3.8) is 0 Å². The molecule has 0 aliphatic rings. The van der Waals surface area contributed by atoms with Crippen molar-refractivity contribution in [2.75, 3.05) is 7.11 Å². The number of methoxy groups -OCH3 is 1. The van der Waals surface area contributed by atoms with Crippen LogP contribution in [-0.2, 0) is 4.74 Å². The summed E-state index contributed by atoms with van der Waals surface area (Å²) >= 11 is 3.37. The van der Waals surface area contributed by atoms with Gasteiger partial charge in [-0.1, -0.05) is 52.3 Å². The molecule has 0 spiro atoms. The van der Waals surface area contributed by atoms with Crippen LogP contribution in [-0.4, -0.2) is 18.2 Å². The van der Waals surface area contributed by atoms with E-state index in [0.717, 1.165) is 10.0 Å². The van der Waals surface area contributed by atoms with Crippen molar-refractivity contribution in [1.82, 2.24) is 0 Å². The zero-order valence-corrected chi connectivity index (χ0v) is 12.4. The van der Waals surface area contributed by atoms with Crippen molar-refractivity contribution in [2.24, 2.45) is 0 Å². The molecule has 2 rings (SSSR count). The maximum absolute atomic E-state index is 11.7. The molecule has 0 amide bonds. The van der Waals surface area contributed by atoms with Crippen molar-refractivity contribution in [3.8, 4) is 5.75 Å². The van der Waals surface area contributed by atoms with E-state index in [4.69, 9.17) is 0 Å². The predicted octanol–water partition coefficient (Wildman–Crippen LogP) is 4.11. The quantitative estimate of drug-likeness (QED) is 0.679. The van der Waals surface area contributed by atoms with Crippen molar-refractivity contribution in [1.29, 1.82) is 0 Å². The Hall–Kier alpha value is -2.07. The number of benzene rings is 2. The molecule has 0 saturated heterocycles. The standard InChI is InChI=1S/C16H13BrO3/c1-20-16(19)15-12(3-2-4-14(15)18)8-5-11-6-9-13(17)10-7-11/h2-10,18H,1H3/b8-5+. The van der Waals surface area contributed by atoms with E-state index in [-0.39, 0.29) is 11.3 Å². The second-order valence-corrected chi connectivity index (χ2v) is 5.03.